The van der Waals surface area contributed by atoms with Crippen LogP contribution in [0.3, 0.4) is 0 Å². The van der Waals surface area contributed by atoms with Gasteiger partial charge in [-0.15, -0.1) is 0 Å². The van der Waals surface area contributed by atoms with Gasteiger partial charge in [0, 0.05) is 69.0 Å². The van der Waals surface area contributed by atoms with Crippen LogP contribution in [0.1, 0.15) is 93.6 Å². The number of fused-ring (bicyclic) bond motifs is 1. The summed E-state index contributed by atoms with van der Waals surface area (Å²) in [5, 5.41) is 0. The Morgan fingerprint density at radius 3 is 1.12 bits per heavy atom. The first kappa shape index (κ1) is 35.1. The molecule has 4 heteroatoms. The van der Waals surface area contributed by atoms with Gasteiger partial charge in [-0.3, -0.25) is 9.59 Å². The van der Waals surface area contributed by atoms with E-state index in [4.69, 9.17) is 0 Å². The fourth-order valence-corrected chi connectivity index (χ4v) is 5.72. The third kappa shape index (κ3) is 8.70. The summed E-state index contributed by atoms with van der Waals surface area (Å²) < 4.78 is 0. The van der Waals surface area contributed by atoms with Crippen LogP contribution in [-0.2, 0) is 0 Å². The van der Waals surface area contributed by atoms with Gasteiger partial charge in [0.15, 0.2) is 0 Å². The van der Waals surface area contributed by atoms with Crippen LogP contribution in [0.4, 0.5) is 11.4 Å². The van der Waals surface area contributed by atoms with Gasteiger partial charge in [0.1, 0.15) is 0 Å². The monoisotopic (exact) mass is 674 g/mol. The summed E-state index contributed by atoms with van der Waals surface area (Å²) in [6.45, 7) is 5.37. The van der Waals surface area contributed by atoms with Crippen molar-refractivity contribution in [1.82, 2.24) is 0 Å². The molecule has 5 aromatic rings. The van der Waals surface area contributed by atoms with Gasteiger partial charge < -0.3 is 9.80 Å². The lowest BCUT2D eigenvalue weighted by molar-refractivity contribution is 0.0975. The van der Waals surface area contributed by atoms with E-state index in [-0.39, 0.29) is 11.8 Å². The summed E-state index contributed by atoms with van der Waals surface area (Å²) in [5.74, 6) is 25.1. The SMILES string of the molecule is CCCCN1C(=O)c2ccc(cc2)C(=O)N(CCCC)c2ccc(cc2)C#Cc2ccccc2C#CC#Cc2ccccc2C#Cc2ccc1cc2. The normalized spacial score (nSPS) is 12.1. The first-order valence-electron chi connectivity index (χ1n) is 17.7. The summed E-state index contributed by atoms with van der Waals surface area (Å²) >= 11 is 0. The van der Waals surface area contributed by atoms with Gasteiger partial charge in [0.05, 0.1) is 0 Å². The van der Waals surface area contributed by atoms with Crippen LogP contribution in [0.15, 0.2) is 121 Å². The summed E-state index contributed by atoms with van der Waals surface area (Å²) in [4.78, 5) is 31.4. The van der Waals surface area contributed by atoms with Crippen molar-refractivity contribution < 1.29 is 9.59 Å². The lowest BCUT2D eigenvalue weighted by Gasteiger charge is -2.24. The van der Waals surface area contributed by atoms with Crippen molar-refractivity contribution in [1.29, 1.82) is 0 Å². The van der Waals surface area contributed by atoms with E-state index in [0.29, 0.717) is 24.2 Å². The van der Waals surface area contributed by atoms with E-state index in [1.54, 1.807) is 34.1 Å². The second-order valence-electron chi connectivity index (χ2n) is 12.4. The summed E-state index contributed by atoms with van der Waals surface area (Å²) in [6.07, 6.45) is 3.61. The number of benzene rings is 5. The maximum absolute atomic E-state index is 13.9. The molecule has 5 heterocycles. The summed E-state index contributed by atoms with van der Waals surface area (Å²) in [6, 6.07) is 38.0. The number of carbonyl (C=O) groups is 2. The molecule has 2 amide bonds. The van der Waals surface area contributed by atoms with Crippen LogP contribution in [0.25, 0.3) is 0 Å². The molecule has 5 aliphatic rings. The van der Waals surface area contributed by atoms with E-state index in [1.165, 1.54) is 0 Å². The Bertz CT molecular complexity index is 2160. The van der Waals surface area contributed by atoms with Gasteiger partial charge >= 0.3 is 0 Å². The number of hydrogen-bond acceptors (Lipinski definition) is 2. The first-order valence-corrected chi connectivity index (χ1v) is 17.7. The highest BCUT2D eigenvalue weighted by Gasteiger charge is 2.21. The number of carbonyl (C=O) groups excluding carboxylic acids is 2. The quantitative estimate of drug-likeness (QED) is 0.169. The zero-order chi connectivity index (χ0) is 36.1. The Morgan fingerprint density at radius 1 is 0.423 bits per heavy atom. The average Bonchev–Trinajstić information content (AvgIpc) is 3.19. The zero-order valence-corrected chi connectivity index (χ0v) is 29.5. The molecule has 0 unspecified atom stereocenters. The lowest BCUT2D eigenvalue weighted by atomic mass is 10.1. The van der Waals surface area contributed by atoms with E-state index in [9.17, 15) is 9.59 Å². The van der Waals surface area contributed by atoms with Crippen molar-refractivity contribution in [3.8, 4) is 47.4 Å². The Balaban J connectivity index is 1.42. The number of rotatable bonds is 6. The maximum atomic E-state index is 13.9. The fraction of sp³-hybridized carbons (Fsp3) is 0.167. The minimum absolute atomic E-state index is 0.114. The maximum Gasteiger partial charge on any atom is 0.258 e. The Kier molecular flexibility index (Phi) is 11.7. The molecule has 0 radical (unpaired) electrons. The van der Waals surface area contributed by atoms with Crippen molar-refractivity contribution in [2.75, 3.05) is 22.9 Å². The number of hydrogen-bond donors (Lipinski definition) is 0. The molecule has 0 atom stereocenters. The largest absolute Gasteiger partial charge is 0.308 e. The second-order valence-corrected chi connectivity index (χ2v) is 12.4. The molecule has 5 aliphatic heterocycles. The van der Waals surface area contributed by atoms with E-state index < -0.39 is 0 Å². The Labute approximate surface area is 307 Å². The first-order chi connectivity index (χ1) is 25.5. The molecule has 0 spiro atoms. The van der Waals surface area contributed by atoms with Crippen LogP contribution in [-0.4, -0.2) is 24.9 Å². The van der Waals surface area contributed by atoms with Gasteiger partial charge in [-0.2, -0.15) is 0 Å². The predicted molar refractivity (Wildman–Crippen MR) is 211 cm³/mol. The molecule has 5 aromatic carbocycles. The molecule has 0 N–H and O–H groups in total. The highest BCUT2D eigenvalue weighted by molar-refractivity contribution is 6.09. The highest BCUT2D eigenvalue weighted by Crippen LogP contribution is 2.23. The van der Waals surface area contributed by atoms with Crippen molar-refractivity contribution in [3.63, 3.8) is 0 Å². The highest BCUT2D eigenvalue weighted by atomic mass is 16.2. The van der Waals surface area contributed by atoms with Crippen LogP contribution in [0, 0.1) is 47.4 Å². The number of anilines is 2. The number of amides is 2. The van der Waals surface area contributed by atoms with Crippen LogP contribution >= 0.6 is 0 Å². The minimum atomic E-state index is -0.114. The average molecular weight is 675 g/mol. The summed E-state index contributed by atoms with van der Waals surface area (Å²) in [7, 11) is 0. The van der Waals surface area contributed by atoms with Crippen molar-refractivity contribution >= 4 is 23.2 Å². The van der Waals surface area contributed by atoms with E-state index >= 15 is 0 Å². The third-order valence-corrected chi connectivity index (χ3v) is 8.69. The molecular weight excluding hydrogens is 637 g/mol. The molecule has 6 bridgehead atoms. The van der Waals surface area contributed by atoms with E-state index in [1.807, 2.05) is 97.1 Å². The van der Waals surface area contributed by atoms with Gasteiger partial charge in [-0.05, 0) is 122 Å². The van der Waals surface area contributed by atoms with E-state index in [2.05, 4.69) is 61.2 Å². The number of nitrogens with zero attached hydrogens (tertiary/aromatic N) is 2. The fourth-order valence-electron chi connectivity index (χ4n) is 5.72. The van der Waals surface area contributed by atoms with Crippen LogP contribution in [0.2, 0.25) is 0 Å². The number of unbranched alkanes of at least 4 members (excludes halogenated alkanes) is 2. The molecule has 4 nitrogen and oxygen atoms in total. The minimum Gasteiger partial charge on any atom is -0.308 e. The summed E-state index contributed by atoms with van der Waals surface area (Å²) in [5.41, 5.74) is 7.49. The zero-order valence-electron chi connectivity index (χ0n) is 29.5. The van der Waals surface area contributed by atoms with Crippen molar-refractivity contribution in [2.45, 2.75) is 39.5 Å². The molecular formula is C48H38N2O2. The molecule has 0 saturated heterocycles. The van der Waals surface area contributed by atoms with E-state index in [0.717, 1.165) is 70.4 Å². The van der Waals surface area contributed by atoms with Crippen molar-refractivity contribution in [2.24, 2.45) is 0 Å². The topological polar surface area (TPSA) is 40.6 Å². The van der Waals surface area contributed by atoms with Crippen molar-refractivity contribution in [3.05, 3.63) is 166 Å². The Morgan fingerprint density at radius 2 is 0.769 bits per heavy atom. The molecule has 0 fully saturated rings. The molecule has 0 aliphatic carbocycles. The molecule has 10 rings (SSSR count). The molecule has 52 heavy (non-hydrogen) atoms. The second kappa shape index (κ2) is 17.3. The third-order valence-electron chi connectivity index (χ3n) is 8.69. The molecule has 0 aromatic heterocycles. The van der Waals surface area contributed by atoms with Gasteiger partial charge in [-0.1, -0.05) is 86.5 Å². The van der Waals surface area contributed by atoms with Crippen LogP contribution < -0.4 is 9.80 Å². The van der Waals surface area contributed by atoms with Gasteiger partial charge in [-0.25, -0.2) is 0 Å². The smallest absolute Gasteiger partial charge is 0.258 e. The lowest BCUT2D eigenvalue weighted by Crippen LogP contribution is -2.33. The van der Waals surface area contributed by atoms with Gasteiger partial charge in [0.2, 0.25) is 0 Å². The standard InChI is InChI=1S/C48H38N2O2/c1-3-5-35-49-45-31-21-37(22-32-45)19-25-41-17-11-9-15-39(41)13-7-8-14-40-16-10-12-18-42(40)26-20-38-23-33-46(34-24-38)50(36-6-4-2)48(52)44-29-27-43(28-30-44)47(49)51/h9-12,15-18,21-24,27-34H,3-6,35-36H2,1-2H3. The predicted octanol–water partition coefficient (Wildman–Crippen LogP) is 9.10. The van der Waals surface area contributed by atoms with Crippen LogP contribution in [0.5, 0.6) is 0 Å². The molecule has 252 valence electrons. The molecule has 0 saturated carbocycles. The van der Waals surface area contributed by atoms with Gasteiger partial charge in [0.25, 0.3) is 11.8 Å². The Hall–Kier alpha value is -6.72.